The summed E-state index contributed by atoms with van der Waals surface area (Å²) in [5, 5.41) is 0. The van der Waals surface area contributed by atoms with Gasteiger partial charge >= 0.3 is 6.18 Å². The second-order valence-electron chi connectivity index (χ2n) is 2.59. The van der Waals surface area contributed by atoms with E-state index in [1.165, 1.54) is 0 Å². The molecule has 0 atom stereocenters. The van der Waals surface area contributed by atoms with Crippen LogP contribution in [0, 0.1) is 0 Å². The van der Waals surface area contributed by atoms with Gasteiger partial charge in [-0.05, 0) is 12.8 Å². The fourth-order valence-electron chi connectivity index (χ4n) is 1.06. The molecule has 0 bridgehead atoms. The summed E-state index contributed by atoms with van der Waals surface area (Å²) in [4.78, 5) is 0. The van der Waals surface area contributed by atoms with Crippen LogP contribution in [0.5, 0.6) is 0 Å². The van der Waals surface area contributed by atoms with Crippen LogP contribution >= 0.6 is 0 Å². The molecule has 0 saturated carbocycles. The van der Waals surface area contributed by atoms with Gasteiger partial charge in [-0.25, -0.2) is 0 Å². The summed E-state index contributed by atoms with van der Waals surface area (Å²) in [5.41, 5.74) is 9.46. The molecule has 0 fully saturated rings. The predicted molar refractivity (Wildman–Crippen MR) is 38.8 cm³/mol. The van der Waals surface area contributed by atoms with Gasteiger partial charge in [0.15, 0.2) is 0 Å². The van der Waals surface area contributed by atoms with E-state index in [-0.39, 0.29) is 11.4 Å². The molecule has 0 aromatic carbocycles. The van der Waals surface area contributed by atoms with Gasteiger partial charge in [0, 0.05) is 5.70 Å². The third kappa shape index (κ3) is 1.54. The van der Waals surface area contributed by atoms with Crippen molar-refractivity contribution in [3.63, 3.8) is 0 Å². The average molecular weight is 178 g/mol. The van der Waals surface area contributed by atoms with Gasteiger partial charge in [0.05, 0.1) is 11.3 Å². The average Bonchev–Trinajstić information content (AvgIpc) is 1.92. The number of nitrogens with two attached hydrogens (primary N) is 2. The number of alkyl halides is 3. The Bertz CT molecular complexity index is 250. The van der Waals surface area contributed by atoms with Crippen molar-refractivity contribution in [2.45, 2.75) is 19.0 Å². The third-order valence-corrected chi connectivity index (χ3v) is 1.70. The Labute approximate surface area is 67.7 Å². The molecule has 2 nitrogen and oxygen atoms in total. The highest BCUT2D eigenvalue weighted by Gasteiger charge is 2.36. The largest absolute Gasteiger partial charge is 0.418 e. The highest BCUT2D eigenvalue weighted by molar-refractivity contribution is 5.38. The molecule has 0 amide bonds. The monoisotopic (exact) mass is 178 g/mol. The third-order valence-electron chi connectivity index (χ3n) is 1.70. The van der Waals surface area contributed by atoms with E-state index in [4.69, 9.17) is 11.5 Å². The first-order chi connectivity index (χ1) is 5.43. The summed E-state index contributed by atoms with van der Waals surface area (Å²) in [5.74, 6) is 0. The molecule has 1 aliphatic rings. The molecular weight excluding hydrogens is 169 g/mol. The van der Waals surface area contributed by atoms with Crippen molar-refractivity contribution in [1.29, 1.82) is 0 Å². The quantitative estimate of drug-likeness (QED) is 0.589. The normalized spacial score (nSPS) is 19.4. The summed E-state index contributed by atoms with van der Waals surface area (Å²) in [6.07, 6.45) is -2.59. The molecule has 0 saturated heterocycles. The molecule has 0 heterocycles. The van der Waals surface area contributed by atoms with Crippen LogP contribution in [0.3, 0.4) is 0 Å². The first kappa shape index (κ1) is 8.96. The lowest BCUT2D eigenvalue weighted by atomic mass is 10.0. The Morgan fingerprint density at radius 1 is 1.25 bits per heavy atom. The van der Waals surface area contributed by atoms with Gasteiger partial charge in [0.2, 0.25) is 0 Å². The molecule has 68 valence electrons. The van der Waals surface area contributed by atoms with Crippen LogP contribution in [0.1, 0.15) is 12.8 Å². The molecule has 0 aromatic rings. The molecular formula is C7H9F3N2. The minimum absolute atomic E-state index is 0.129. The van der Waals surface area contributed by atoms with E-state index in [0.717, 1.165) is 6.08 Å². The van der Waals surface area contributed by atoms with Crippen LogP contribution in [0.2, 0.25) is 0 Å². The minimum atomic E-state index is -4.38. The van der Waals surface area contributed by atoms with Crippen molar-refractivity contribution in [1.82, 2.24) is 0 Å². The van der Waals surface area contributed by atoms with E-state index in [2.05, 4.69) is 0 Å². The summed E-state index contributed by atoms with van der Waals surface area (Å²) >= 11 is 0. The Morgan fingerprint density at radius 3 is 2.25 bits per heavy atom. The summed E-state index contributed by atoms with van der Waals surface area (Å²) in [6.45, 7) is 0. The van der Waals surface area contributed by atoms with Gasteiger partial charge in [-0.15, -0.1) is 0 Å². The zero-order chi connectivity index (χ0) is 9.35. The first-order valence-corrected chi connectivity index (χ1v) is 3.44. The van der Waals surface area contributed by atoms with Gasteiger partial charge in [-0.1, -0.05) is 6.08 Å². The van der Waals surface area contributed by atoms with Gasteiger partial charge in [0.25, 0.3) is 0 Å². The van der Waals surface area contributed by atoms with Crippen LogP contribution in [-0.4, -0.2) is 6.18 Å². The molecule has 12 heavy (non-hydrogen) atoms. The van der Waals surface area contributed by atoms with E-state index in [1.54, 1.807) is 0 Å². The maximum atomic E-state index is 12.1. The van der Waals surface area contributed by atoms with E-state index in [1.807, 2.05) is 0 Å². The second-order valence-corrected chi connectivity index (χ2v) is 2.59. The predicted octanol–water partition coefficient (Wildman–Crippen LogP) is 1.40. The van der Waals surface area contributed by atoms with E-state index in [9.17, 15) is 13.2 Å². The van der Waals surface area contributed by atoms with Crippen molar-refractivity contribution in [3.8, 4) is 0 Å². The first-order valence-electron chi connectivity index (χ1n) is 3.44. The number of hydrogen-bond donors (Lipinski definition) is 2. The Morgan fingerprint density at radius 2 is 1.83 bits per heavy atom. The fraction of sp³-hybridized carbons (Fsp3) is 0.429. The van der Waals surface area contributed by atoms with Crippen molar-refractivity contribution in [2.24, 2.45) is 11.5 Å². The van der Waals surface area contributed by atoms with Gasteiger partial charge < -0.3 is 11.5 Å². The van der Waals surface area contributed by atoms with Gasteiger partial charge in [-0.3, -0.25) is 0 Å². The van der Waals surface area contributed by atoms with Gasteiger partial charge in [-0.2, -0.15) is 13.2 Å². The summed E-state index contributed by atoms with van der Waals surface area (Å²) in [6, 6.07) is 0. The van der Waals surface area contributed by atoms with Crippen LogP contribution < -0.4 is 11.5 Å². The van der Waals surface area contributed by atoms with Crippen molar-refractivity contribution in [2.75, 3.05) is 0 Å². The van der Waals surface area contributed by atoms with Crippen LogP contribution in [-0.2, 0) is 0 Å². The van der Waals surface area contributed by atoms with Gasteiger partial charge in [0.1, 0.15) is 0 Å². The maximum Gasteiger partial charge on any atom is 0.418 e. The SMILES string of the molecule is NC1=C(N)C(C(F)(F)F)=CCC1. The topological polar surface area (TPSA) is 52.0 Å². The smallest absolute Gasteiger partial charge is 0.400 e. The Kier molecular flexibility index (Phi) is 2.04. The number of rotatable bonds is 0. The second kappa shape index (κ2) is 2.73. The van der Waals surface area contributed by atoms with Crippen LogP contribution in [0.4, 0.5) is 13.2 Å². The van der Waals surface area contributed by atoms with E-state index in [0.29, 0.717) is 12.8 Å². The highest BCUT2D eigenvalue weighted by atomic mass is 19.4. The molecule has 4 N–H and O–H groups in total. The molecule has 1 aliphatic carbocycles. The Hall–Kier alpha value is -1.13. The summed E-state index contributed by atoms with van der Waals surface area (Å²) < 4.78 is 36.4. The molecule has 1 rings (SSSR count). The molecule has 0 spiro atoms. The molecule has 5 heteroatoms. The minimum Gasteiger partial charge on any atom is -0.400 e. The molecule has 0 aliphatic heterocycles. The number of hydrogen-bond acceptors (Lipinski definition) is 2. The fourth-order valence-corrected chi connectivity index (χ4v) is 1.06. The lowest BCUT2D eigenvalue weighted by Gasteiger charge is -2.18. The number of allylic oxidation sites excluding steroid dienone is 3. The van der Waals surface area contributed by atoms with E-state index < -0.39 is 11.7 Å². The van der Waals surface area contributed by atoms with Crippen molar-refractivity contribution >= 4 is 0 Å². The molecule has 0 aromatic heterocycles. The lowest BCUT2D eigenvalue weighted by Crippen LogP contribution is -2.24. The zero-order valence-electron chi connectivity index (χ0n) is 6.28. The van der Waals surface area contributed by atoms with Crippen LogP contribution in [0.15, 0.2) is 23.0 Å². The van der Waals surface area contributed by atoms with Crippen molar-refractivity contribution in [3.05, 3.63) is 23.0 Å². The highest BCUT2D eigenvalue weighted by Crippen LogP contribution is 2.33. The zero-order valence-corrected chi connectivity index (χ0v) is 6.28. The van der Waals surface area contributed by atoms with E-state index >= 15 is 0 Å². The number of halogens is 3. The molecule has 0 radical (unpaired) electrons. The summed E-state index contributed by atoms with van der Waals surface area (Å²) in [7, 11) is 0. The molecule has 0 unspecified atom stereocenters. The Balaban J connectivity index is 3.00. The maximum absolute atomic E-state index is 12.1. The van der Waals surface area contributed by atoms with Crippen LogP contribution in [0.25, 0.3) is 0 Å². The lowest BCUT2D eigenvalue weighted by molar-refractivity contribution is -0.0900. The van der Waals surface area contributed by atoms with Crippen molar-refractivity contribution < 1.29 is 13.2 Å². The standard InChI is InChI=1S/C7H9F3N2/c8-7(9,10)4-2-1-3-5(11)6(4)12/h2H,1,3,11-12H2.